The molecule has 0 aromatic heterocycles. The van der Waals surface area contributed by atoms with Crippen LogP contribution >= 0.6 is 0 Å². The average Bonchev–Trinajstić information content (AvgIpc) is 2.78. The predicted molar refractivity (Wildman–Crippen MR) is 128 cm³/mol. The van der Waals surface area contributed by atoms with E-state index < -0.39 is 48.9 Å². The van der Waals surface area contributed by atoms with Gasteiger partial charge in [0.05, 0.1) is 33.6 Å². The Labute approximate surface area is 198 Å². The van der Waals surface area contributed by atoms with Crippen molar-refractivity contribution >= 4 is 31.4 Å². The van der Waals surface area contributed by atoms with Crippen LogP contribution in [0.2, 0.25) is 0 Å². The van der Waals surface area contributed by atoms with Gasteiger partial charge in [-0.15, -0.1) is 0 Å². The first kappa shape index (κ1) is 25.3. The minimum atomic E-state index is -3.98. The Bertz CT molecular complexity index is 1380. The third-order valence-electron chi connectivity index (χ3n) is 5.27. The van der Waals surface area contributed by atoms with Crippen molar-refractivity contribution in [3.05, 3.63) is 101 Å². The van der Waals surface area contributed by atoms with E-state index in [4.69, 9.17) is 5.11 Å². The lowest BCUT2D eigenvalue weighted by atomic mass is 10.00. The molecule has 0 aliphatic rings. The number of carbonyl (C=O) groups is 2. The van der Waals surface area contributed by atoms with E-state index in [1.807, 2.05) is 0 Å². The number of carboxylic acids is 1. The molecule has 178 valence electrons. The number of carbonyl (C=O) groups excluding carboxylic acids is 1. The highest BCUT2D eigenvalue weighted by atomic mass is 32.2. The Kier molecular flexibility index (Phi) is 7.68. The Morgan fingerprint density at radius 3 is 1.88 bits per heavy atom. The van der Waals surface area contributed by atoms with E-state index >= 15 is 0 Å². The number of hydrogen-bond donors (Lipinski definition) is 1. The van der Waals surface area contributed by atoms with E-state index in [1.165, 1.54) is 36.4 Å². The van der Waals surface area contributed by atoms with Crippen molar-refractivity contribution in [2.45, 2.75) is 17.6 Å². The van der Waals surface area contributed by atoms with Gasteiger partial charge in [-0.1, -0.05) is 60.2 Å². The fourth-order valence-corrected chi connectivity index (χ4v) is 6.90. The Morgan fingerprint density at radius 2 is 1.32 bits per heavy atom. The number of rotatable bonds is 10. The normalized spacial score (nSPS) is 12.7. The first-order valence-electron chi connectivity index (χ1n) is 10.4. The average molecular weight is 501 g/mol. The van der Waals surface area contributed by atoms with Crippen molar-refractivity contribution in [1.29, 1.82) is 0 Å². The molecule has 0 saturated carbocycles. The summed E-state index contributed by atoms with van der Waals surface area (Å²) in [6.07, 6.45) is 0. The summed E-state index contributed by atoms with van der Waals surface area (Å²) in [6.45, 7) is 1.81. The summed E-state index contributed by atoms with van der Waals surface area (Å²) in [7, 11) is -7.82. The van der Waals surface area contributed by atoms with Gasteiger partial charge in [-0.2, -0.15) is 0 Å². The molecule has 0 radical (unpaired) electrons. The third kappa shape index (κ3) is 6.61. The zero-order chi connectivity index (χ0) is 24.9. The molecule has 0 bridgehead atoms. The Morgan fingerprint density at radius 1 is 0.765 bits per heavy atom. The van der Waals surface area contributed by atoms with Crippen LogP contribution in [0.15, 0.2) is 83.8 Å². The van der Waals surface area contributed by atoms with Crippen LogP contribution in [0, 0.1) is 12.8 Å². The van der Waals surface area contributed by atoms with Crippen LogP contribution in [0.25, 0.3) is 0 Å². The van der Waals surface area contributed by atoms with E-state index in [-0.39, 0.29) is 21.8 Å². The Balaban J connectivity index is 1.93. The minimum Gasteiger partial charge on any atom is -0.478 e. The van der Waals surface area contributed by atoms with Gasteiger partial charge in [-0.25, -0.2) is 21.6 Å². The second-order valence-electron chi connectivity index (χ2n) is 8.08. The van der Waals surface area contributed by atoms with Gasteiger partial charge in [0.2, 0.25) is 0 Å². The summed E-state index contributed by atoms with van der Waals surface area (Å²) in [4.78, 5) is 24.3. The topological polar surface area (TPSA) is 123 Å². The smallest absolute Gasteiger partial charge is 0.335 e. The molecule has 0 heterocycles. The molecule has 1 atom stereocenters. The van der Waals surface area contributed by atoms with Gasteiger partial charge in [0.1, 0.15) is 0 Å². The number of sulfone groups is 2. The second-order valence-corrected chi connectivity index (χ2v) is 12.2. The highest BCUT2D eigenvalue weighted by Crippen LogP contribution is 2.21. The SMILES string of the molecule is Cc1ccc(S(=O)(=O)CC(CS(=O)(=O)Cc2ccccc2)C(=O)c2ccc(C(=O)O)cc2)cc1. The molecular weight excluding hydrogens is 476 g/mol. The highest BCUT2D eigenvalue weighted by molar-refractivity contribution is 7.92. The van der Waals surface area contributed by atoms with Gasteiger partial charge in [-0.05, 0) is 36.8 Å². The Hall–Kier alpha value is -3.30. The van der Waals surface area contributed by atoms with Crippen molar-refractivity contribution in [2.75, 3.05) is 11.5 Å². The molecule has 0 saturated heterocycles. The van der Waals surface area contributed by atoms with Crippen molar-refractivity contribution < 1.29 is 31.5 Å². The van der Waals surface area contributed by atoms with Crippen molar-refractivity contribution in [3.8, 4) is 0 Å². The van der Waals surface area contributed by atoms with E-state index in [9.17, 15) is 26.4 Å². The third-order valence-corrected chi connectivity index (χ3v) is 8.79. The molecule has 0 amide bonds. The van der Waals surface area contributed by atoms with E-state index in [0.29, 0.717) is 5.56 Å². The summed E-state index contributed by atoms with van der Waals surface area (Å²) in [6, 6.07) is 19.5. The van der Waals surface area contributed by atoms with Gasteiger partial charge in [0.25, 0.3) is 0 Å². The number of aromatic carboxylic acids is 1. The molecule has 7 nitrogen and oxygen atoms in total. The summed E-state index contributed by atoms with van der Waals surface area (Å²) in [5.41, 5.74) is 1.39. The number of Topliss-reactive ketones (excluding diaryl/α,β-unsaturated/α-hetero) is 1. The minimum absolute atomic E-state index is 0.00224. The number of ketones is 1. The molecule has 1 unspecified atom stereocenters. The van der Waals surface area contributed by atoms with Crippen molar-refractivity contribution in [1.82, 2.24) is 0 Å². The summed E-state index contributed by atoms with van der Waals surface area (Å²) in [5, 5.41) is 9.07. The zero-order valence-corrected chi connectivity index (χ0v) is 20.1. The lowest BCUT2D eigenvalue weighted by molar-refractivity contribution is 0.0696. The van der Waals surface area contributed by atoms with Crippen molar-refractivity contribution in [2.24, 2.45) is 5.92 Å². The van der Waals surface area contributed by atoms with Crippen molar-refractivity contribution in [3.63, 3.8) is 0 Å². The number of benzene rings is 3. The number of carboxylic acid groups (broad SMARTS) is 1. The monoisotopic (exact) mass is 500 g/mol. The summed E-state index contributed by atoms with van der Waals surface area (Å²) in [5.74, 6) is -4.90. The molecule has 3 rings (SSSR count). The van der Waals surface area contributed by atoms with Gasteiger partial charge < -0.3 is 5.11 Å². The maximum absolute atomic E-state index is 13.2. The predicted octanol–water partition coefficient (Wildman–Crippen LogP) is 3.58. The van der Waals surface area contributed by atoms with Gasteiger partial charge in [-0.3, -0.25) is 4.79 Å². The van der Waals surface area contributed by atoms with Crippen LogP contribution in [0.3, 0.4) is 0 Å². The van der Waals surface area contributed by atoms with Crippen LogP contribution in [0.1, 0.15) is 31.8 Å². The number of hydrogen-bond acceptors (Lipinski definition) is 6. The maximum Gasteiger partial charge on any atom is 0.335 e. The fourth-order valence-electron chi connectivity index (χ4n) is 3.51. The fraction of sp³-hybridized carbons (Fsp3) is 0.200. The molecular formula is C25H24O7S2. The standard InChI is InChI=1S/C25H24O7S2/c1-18-7-13-23(14-8-18)34(31,32)17-22(16-33(29,30)15-19-5-3-2-4-6-19)24(26)20-9-11-21(12-10-20)25(27)28/h2-14,22H,15-17H2,1H3,(H,27,28). The van der Waals surface area contributed by atoms with Crippen LogP contribution in [0.4, 0.5) is 0 Å². The van der Waals surface area contributed by atoms with Gasteiger partial charge >= 0.3 is 5.97 Å². The maximum atomic E-state index is 13.2. The van der Waals surface area contributed by atoms with E-state index in [1.54, 1.807) is 49.4 Å². The molecule has 0 spiro atoms. The molecule has 0 aliphatic heterocycles. The largest absolute Gasteiger partial charge is 0.478 e. The van der Waals surface area contributed by atoms with E-state index in [2.05, 4.69) is 0 Å². The lowest BCUT2D eigenvalue weighted by Crippen LogP contribution is -2.31. The molecule has 1 N–H and O–H groups in total. The second kappa shape index (κ2) is 10.3. The molecule has 0 fully saturated rings. The molecule has 0 aliphatic carbocycles. The molecule has 3 aromatic rings. The molecule has 3 aromatic carbocycles. The molecule has 9 heteroatoms. The van der Waals surface area contributed by atoms with Gasteiger partial charge in [0.15, 0.2) is 25.5 Å². The molecule has 34 heavy (non-hydrogen) atoms. The van der Waals surface area contributed by atoms with Crippen LogP contribution in [-0.4, -0.2) is 45.2 Å². The first-order valence-corrected chi connectivity index (χ1v) is 13.9. The lowest BCUT2D eigenvalue weighted by Gasteiger charge is -2.17. The summed E-state index contributed by atoms with van der Waals surface area (Å²) < 4.78 is 52.0. The van der Waals surface area contributed by atoms with Crippen LogP contribution in [0.5, 0.6) is 0 Å². The number of aryl methyl sites for hydroxylation is 1. The first-order chi connectivity index (χ1) is 16.0. The summed E-state index contributed by atoms with van der Waals surface area (Å²) >= 11 is 0. The zero-order valence-electron chi connectivity index (χ0n) is 18.4. The van der Waals surface area contributed by atoms with E-state index in [0.717, 1.165) is 5.56 Å². The van der Waals surface area contributed by atoms with Crippen LogP contribution < -0.4 is 0 Å². The van der Waals surface area contributed by atoms with Crippen LogP contribution in [-0.2, 0) is 25.4 Å². The quantitative estimate of drug-likeness (QED) is 0.422. The van der Waals surface area contributed by atoms with Gasteiger partial charge in [0, 0.05) is 5.56 Å². The highest BCUT2D eigenvalue weighted by Gasteiger charge is 2.32.